The summed E-state index contributed by atoms with van der Waals surface area (Å²) < 4.78 is 19.0. The van der Waals surface area contributed by atoms with E-state index in [-0.39, 0.29) is 29.9 Å². The number of hydrogen-bond acceptors (Lipinski definition) is 7. The van der Waals surface area contributed by atoms with Gasteiger partial charge in [-0.2, -0.15) is 9.67 Å². The lowest BCUT2D eigenvalue weighted by atomic mass is 10.1. The monoisotopic (exact) mass is 360 g/mol. The number of carbonyl (C=O) groups is 1. The van der Waals surface area contributed by atoms with Gasteiger partial charge < -0.3 is 20.0 Å². The highest BCUT2D eigenvalue weighted by molar-refractivity contribution is 5.89. The molecule has 2 aromatic heterocycles. The van der Waals surface area contributed by atoms with Crippen molar-refractivity contribution < 1.29 is 18.6 Å². The molecule has 0 aliphatic carbocycles. The Labute approximate surface area is 145 Å². The Kier molecular flexibility index (Phi) is 4.97. The molecule has 1 aromatic carbocycles. The SMILES string of the molecule is O=C(NCCc1ccc(F)cc1)c1nc(Cn2ccc([N+](=O)[O-])n2)no1. The van der Waals surface area contributed by atoms with Gasteiger partial charge in [-0.25, -0.2) is 4.39 Å². The molecule has 134 valence electrons. The molecule has 1 N–H and O–H groups in total. The van der Waals surface area contributed by atoms with Crippen LogP contribution in [-0.2, 0) is 13.0 Å². The van der Waals surface area contributed by atoms with Crippen molar-refractivity contribution in [3.8, 4) is 0 Å². The molecule has 0 fully saturated rings. The van der Waals surface area contributed by atoms with E-state index in [2.05, 4.69) is 20.6 Å². The number of carbonyl (C=O) groups excluding carboxylic acids is 1. The van der Waals surface area contributed by atoms with Crippen LogP contribution in [0, 0.1) is 15.9 Å². The van der Waals surface area contributed by atoms with Gasteiger partial charge in [0, 0.05) is 6.54 Å². The molecule has 0 radical (unpaired) electrons. The second kappa shape index (κ2) is 7.51. The number of rotatable bonds is 7. The van der Waals surface area contributed by atoms with E-state index in [0.29, 0.717) is 13.0 Å². The molecule has 1 amide bonds. The fourth-order valence-electron chi connectivity index (χ4n) is 2.14. The van der Waals surface area contributed by atoms with Crippen LogP contribution in [0.5, 0.6) is 0 Å². The Morgan fingerprint density at radius 1 is 1.31 bits per heavy atom. The third-order valence-corrected chi connectivity index (χ3v) is 3.39. The van der Waals surface area contributed by atoms with Gasteiger partial charge >= 0.3 is 17.6 Å². The van der Waals surface area contributed by atoms with Gasteiger partial charge in [0.05, 0.1) is 17.4 Å². The van der Waals surface area contributed by atoms with Gasteiger partial charge in [0.15, 0.2) is 5.82 Å². The predicted molar refractivity (Wildman–Crippen MR) is 84.7 cm³/mol. The van der Waals surface area contributed by atoms with E-state index in [4.69, 9.17) is 4.52 Å². The summed E-state index contributed by atoms with van der Waals surface area (Å²) >= 11 is 0. The summed E-state index contributed by atoms with van der Waals surface area (Å²) in [6.07, 6.45) is 1.92. The minimum absolute atomic E-state index is 0.0280. The Morgan fingerprint density at radius 2 is 2.08 bits per heavy atom. The third-order valence-electron chi connectivity index (χ3n) is 3.39. The second-order valence-corrected chi connectivity index (χ2v) is 5.28. The van der Waals surface area contributed by atoms with Crippen LogP contribution in [0.15, 0.2) is 41.1 Å². The van der Waals surface area contributed by atoms with Crippen LogP contribution in [0.25, 0.3) is 0 Å². The van der Waals surface area contributed by atoms with Gasteiger partial charge in [-0.1, -0.05) is 17.3 Å². The summed E-state index contributed by atoms with van der Waals surface area (Å²) in [5.41, 5.74) is 0.873. The molecular formula is C15H13FN6O4. The van der Waals surface area contributed by atoms with Crippen LogP contribution in [-0.4, -0.2) is 37.3 Å². The second-order valence-electron chi connectivity index (χ2n) is 5.28. The van der Waals surface area contributed by atoms with E-state index in [1.807, 2.05) is 0 Å². The maximum absolute atomic E-state index is 12.8. The maximum atomic E-state index is 12.8. The molecule has 11 heteroatoms. The minimum Gasteiger partial charge on any atom is -0.358 e. The summed E-state index contributed by atoms with van der Waals surface area (Å²) in [4.78, 5) is 25.9. The van der Waals surface area contributed by atoms with E-state index in [0.717, 1.165) is 5.56 Å². The molecule has 0 unspecified atom stereocenters. The molecule has 3 aromatic rings. The highest BCUT2D eigenvalue weighted by Crippen LogP contribution is 2.07. The average molecular weight is 360 g/mol. The number of nitrogens with zero attached hydrogens (tertiary/aromatic N) is 5. The van der Waals surface area contributed by atoms with Crippen molar-refractivity contribution in [2.75, 3.05) is 6.54 Å². The fourth-order valence-corrected chi connectivity index (χ4v) is 2.14. The van der Waals surface area contributed by atoms with Crippen LogP contribution in [0.1, 0.15) is 22.1 Å². The first kappa shape index (κ1) is 17.2. The first-order valence-corrected chi connectivity index (χ1v) is 7.54. The minimum atomic E-state index is -0.618. The fraction of sp³-hybridized carbons (Fsp3) is 0.200. The topological polar surface area (TPSA) is 129 Å². The van der Waals surface area contributed by atoms with E-state index >= 15 is 0 Å². The van der Waals surface area contributed by atoms with E-state index < -0.39 is 10.8 Å². The van der Waals surface area contributed by atoms with Crippen LogP contribution < -0.4 is 5.32 Å². The molecule has 0 saturated heterocycles. The first-order valence-electron chi connectivity index (χ1n) is 7.54. The number of nitro groups is 1. The number of halogens is 1. The van der Waals surface area contributed by atoms with Crippen LogP contribution in [0.4, 0.5) is 10.2 Å². The van der Waals surface area contributed by atoms with E-state index in [1.54, 1.807) is 12.1 Å². The van der Waals surface area contributed by atoms with Crippen molar-refractivity contribution in [3.63, 3.8) is 0 Å². The smallest absolute Gasteiger partial charge is 0.358 e. The number of hydrogen-bond donors (Lipinski definition) is 1. The van der Waals surface area contributed by atoms with Gasteiger partial charge in [-0.3, -0.25) is 4.79 Å². The number of amides is 1. The lowest BCUT2D eigenvalue weighted by Gasteiger charge is -2.02. The van der Waals surface area contributed by atoms with Gasteiger partial charge in [-0.15, -0.1) is 0 Å². The van der Waals surface area contributed by atoms with Crippen molar-refractivity contribution >= 4 is 11.7 Å². The molecule has 26 heavy (non-hydrogen) atoms. The van der Waals surface area contributed by atoms with Crippen LogP contribution in [0.3, 0.4) is 0 Å². The summed E-state index contributed by atoms with van der Waals surface area (Å²) in [6.45, 7) is 0.341. The quantitative estimate of drug-likeness (QED) is 0.497. The Balaban J connectivity index is 1.52. The molecule has 2 heterocycles. The van der Waals surface area contributed by atoms with Crippen molar-refractivity contribution in [2.45, 2.75) is 13.0 Å². The van der Waals surface area contributed by atoms with E-state index in [9.17, 15) is 19.3 Å². The molecular weight excluding hydrogens is 347 g/mol. The van der Waals surface area contributed by atoms with Gasteiger partial charge in [0.1, 0.15) is 12.4 Å². The number of aromatic nitrogens is 4. The molecule has 0 spiro atoms. The highest BCUT2D eigenvalue weighted by atomic mass is 19.1. The third kappa shape index (κ3) is 4.26. The Hall–Kier alpha value is -3.63. The zero-order valence-corrected chi connectivity index (χ0v) is 13.3. The van der Waals surface area contributed by atoms with Crippen LogP contribution in [0.2, 0.25) is 0 Å². The van der Waals surface area contributed by atoms with Crippen molar-refractivity contribution in [2.24, 2.45) is 0 Å². The summed E-state index contributed by atoms with van der Waals surface area (Å²) in [5, 5.41) is 20.6. The summed E-state index contributed by atoms with van der Waals surface area (Å²) in [6, 6.07) is 7.20. The van der Waals surface area contributed by atoms with Crippen molar-refractivity contribution in [3.05, 3.63) is 69.7 Å². The van der Waals surface area contributed by atoms with E-state index in [1.165, 1.54) is 29.1 Å². The molecule has 0 saturated carbocycles. The lowest BCUT2D eigenvalue weighted by molar-refractivity contribution is -0.389. The largest absolute Gasteiger partial charge is 0.389 e. The Morgan fingerprint density at radius 3 is 2.77 bits per heavy atom. The van der Waals surface area contributed by atoms with Crippen LogP contribution >= 0.6 is 0 Å². The normalized spacial score (nSPS) is 10.7. The molecule has 0 aliphatic heterocycles. The Bertz CT molecular complexity index is 920. The summed E-state index contributed by atoms with van der Waals surface area (Å²) in [5.74, 6) is -1.23. The zero-order chi connectivity index (χ0) is 18.5. The van der Waals surface area contributed by atoms with Crippen molar-refractivity contribution in [1.29, 1.82) is 0 Å². The highest BCUT2D eigenvalue weighted by Gasteiger charge is 2.17. The van der Waals surface area contributed by atoms with Crippen molar-refractivity contribution in [1.82, 2.24) is 25.2 Å². The lowest BCUT2D eigenvalue weighted by Crippen LogP contribution is -2.26. The zero-order valence-electron chi connectivity index (χ0n) is 13.3. The maximum Gasteiger partial charge on any atom is 0.389 e. The van der Waals surface area contributed by atoms with Gasteiger partial charge in [0.2, 0.25) is 0 Å². The molecule has 3 rings (SSSR count). The standard InChI is InChI=1S/C15H13FN6O4/c16-11-3-1-10(2-4-11)5-7-17-14(23)15-18-12(20-26-15)9-21-8-6-13(19-21)22(24)25/h1-4,6,8H,5,7,9H2,(H,17,23). The molecule has 0 aliphatic rings. The number of nitrogens with one attached hydrogen (secondary N) is 1. The molecule has 0 atom stereocenters. The molecule has 10 nitrogen and oxygen atoms in total. The van der Waals surface area contributed by atoms with Gasteiger partial charge in [-0.05, 0) is 29.0 Å². The van der Waals surface area contributed by atoms with Gasteiger partial charge in [0.25, 0.3) is 0 Å². The number of benzene rings is 1. The predicted octanol–water partition coefficient (Wildman–Crippen LogP) is 1.33. The molecule has 0 bridgehead atoms. The summed E-state index contributed by atoms with van der Waals surface area (Å²) in [7, 11) is 0. The first-order chi connectivity index (χ1) is 12.5. The average Bonchev–Trinajstić information content (AvgIpc) is 3.27.